The SMILES string of the molecule is CN/C(=C\Cc1sncc1-c1cccc(F)c1F)C(=O)NCCOC. The van der Waals surface area contributed by atoms with Crippen LogP contribution in [0.1, 0.15) is 4.88 Å². The predicted molar refractivity (Wildman–Crippen MR) is 93.2 cm³/mol. The van der Waals surface area contributed by atoms with Crippen LogP contribution in [0.15, 0.2) is 36.2 Å². The molecule has 1 amide bonds. The number of halogens is 2. The Morgan fingerprint density at radius 2 is 2.16 bits per heavy atom. The van der Waals surface area contributed by atoms with Gasteiger partial charge in [-0.15, -0.1) is 0 Å². The molecule has 8 heteroatoms. The Bertz CT molecular complexity index is 762. The van der Waals surface area contributed by atoms with Crippen molar-refractivity contribution in [2.75, 3.05) is 27.3 Å². The normalized spacial score (nSPS) is 11.4. The smallest absolute Gasteiger partial charge is 0.267 e. The first-order chi connectivity index (χ1) is 12.1. The number of methoxy groups -OCH3 is 1. The molecule has 0 unspecified atom stereocenters. The van der Waals surface area contributed by atoms with Crippen molar-refractivity contribution >= 4 is 17.4 Å². The molecule has 0 atom stereocenters. The maximum Gasteiger partial charge on any atom is 0.267 e. The molecule has 2 aromatic rings. The summed E-state index contributed by atoms with van der Waals surface area (Å²) in [7, 11) is 3.19. The molecule has 5 nitrogen and oxygen atoms in total. The Hall–Kier alpha value is -2.32. The summed E-state index contributed by atoms with van der Waals surface area (Å²) in [6.45, 7) is 0.815. The molecule has 2 N–H and O–H groups in total. The van der Waals surface area contributed by atoms with E-state index in [9.17, 15) is 13.6 Å². The fourth-order valence-corrected chi connectivity index (χ4v) is 2.91. The van der Waals surface area contributed by atoms with Crippen molar-refractivity contribution in [3.8, 4) is 11.1 Å². The van der Waals surface area contributed by atoms with E-state index in [-0.39, 0.29) is 11.5 Å². The maximum atomic E-state index is 14.0. The fraction of sp³-hybridized carbons (Fsp3) is 0.294. The van der Waals surface area contributed by atoms with Crippen LogP contribution in [0, 0.1) is 11.6 Å². The second-order valence-corrected chi connectivity index (χ2v) is 5.97. The van der Waals surface area contributed by atoms with Gasteiger partial charge >= 0.3 is 0 Å². The zero-order chi connectivity index (χ0) is 18.2. The number of likely N-dealkylation sites (N-methyl/N-ethyl adjacent to an activating group) is 1. The van der Waals surface area contributed by atoms with Gasteiger partial charge in [0.25, 0.3) is 5.91 Å². The van der Waals surface area contributed by atoms with Crippen LogP contribution >= 0.6 is 11.5 Å². The summed E-state index contributed by atoms with van der Waals surface area (Å²) in [6.07, 6.45) is 3.56. The minimum atomic E-state index is -0.904. The van der Waals surface area contributed by atoms with Gasteiger partial charge in [0.05, 0.1) is 12.3 Å². The van der Waals surface area contributed by atoms with Gasteiger partial charge < -0.3 is 15.4 Å². The Balaban J connectivity index is 2.17. The molecule has 0 bridgehead atoms. The third-order valence-corrected chi connectivity index (χ3v) is 4.30. The molecular formula is C17H19F2N3O2S. The number of rotatable bonds is 8. The van der Waals surface area contributed by atoms with Crippen molar-refractivity contribution in [2.45, 2.75) is 6.42 Å². The molecule has 0 aliphatic heterocycles. The summed E-state index contributed by atoms with van der Waals surface area (Å²) in [6, 6.07) is 4.03. The van der Waals surface area contributed by atoms with Gasteiger partial charge in [-0.25, -0.2) is 13.2 Å². The molecule has 2 rings (SSSR count). The standard InChI is InChI=1S/C17H19F2N3O2S/c1-20-14(17(23)21-8-9-24-2)6-7-15-12(10-22-25-15)11-4-3-5-13(18)16(11)19/h3-6,10,20H,7-9H2,1-2H3,(H,21,23)/b14-6-. The first kappa shape index (κ1) is 19.0. The van der Waals surface area contributed by atoms with E-state index < -0.39 is 11.6 Å². The lowest BCUT2D eigenvalue weighted by Crippen LogP contribution is -2.32. The van der Waals surface area contributed by atoms with E-state index in [2.05, 4.69) is 15.0 Å². The molecule has 0 radical (unpaired) electrons. The average molecular weight is 367 g/mol. The lowest BCUT2D eigenvalue weighted by molar-refractivity contribution is -0.118. The average Bonchev–Trinajstić information content (AvgIpc) is 3.06. The maximum absolute atomic E-state index is 14.0. The van der Waals surface area contributed by atoms with Crippen LogP contribution < -0.4 is 10.6 Å². The third kappa shape index (κ3) is 4.83. The monoisotopic (exact) mass is 367 g/mol. The van der Waals surface area contributed by atoms with E-state index >= 15 is 0 Å². The number of benzene rings is 1. The number of carbonyl (C=O) groups excluding carboxylic acids is 1. The van der Waals surface area contributed by atoms with Crippen LogP contribution in [-0.2, 0) is 16.0 Å². The van der Waals surface area contributed by atoms with E-state index in [0.717, 1.165) is 10.9 Å². The van der Waals surface area contributed by atoms with Gasteiger partial charge in [-0.1, -0.05) is 18.2 Å². The number of aromatic nitrogens is 1. The summed E-state index contributed by atoms with van der Waals surface area (Å²) >= 11 is 1.18. The lowest BCUT2D eigenvalue weighted by Gasteiger charge is -2.08. The van der Waals surface area contributed by atoms with Gasteiger partial charge in [-0.05, 0) is 17.6 Å². The molecule has 1 aromatic carbocycles. The summed E-state index contributed by atoms with van der Waals surface area (Å²) in [4.78, 5) is 12.8. The fourth-order valence-electron chi connectivity index (χ4n) is 2.21. The van der Waals surface area contributed by atoms with Gasteiger partial charge in [-0.3, -0.25) is 4.79 Å². The molecule has 0 aliphatic carbocycles. The van der Waals surface area contributed by atoms with E-state index in [1.807, 2.05) is 0 Å². The summed E-state index contributed by atoms with van der Waals surface area (Å²) in [5, 5.41) is 5.54. The Morgan fingerprint density at radius 3 is 2.88 bits per heavy atom. The quantitative estimate of drug-likeness (QED) is 0.556. The van der Waals surface area contributed by atoms with Crippen molar-refractivity contribution < 1.29 is 18.3 Å². The molecule has 134 valence electrons. The van der Waals surface area contributed by atoms with Crippen molar-refractivity contribution in [3.05, 3.63) is 52.7 Å². The van der Waals surface area contributed by atoms with E-state index in [0.29, 0.717) is 30.8 Å². The van der Waals surface area contributed by atoms with Gasteiger partial charge in [0.15, 0.2) is 11.6 Å². The van der Waals surface area contributed by atoms with Crippen LogP contribution in [0.5, 0.6) is 0 Å². The number of carbonyl (C=O) groups is 1. The highest BCUT2D eigenvalue weighted by atomic mass is 32.1. The first-order valence-electron chi connectivity index (χ1n) is 7.61. The van der Waals surface area contributed by atoms with Gasteiger partial charge in [-0.2, -0.15) is 0 Å². The van der Waals surface area contributed by atoms with E-state index in [4.69, 9.17) is 4.74 Å². The summed E-state index contributed by atoms with van der Waals surface area (Å²) in [5.41, 5.74) is 1.07. The van der Waals surface area contributed by atoms with Crippen molar-refractivity contribution in [3.63, 3.8) is 0 Å². The third-order valence-electron chi connectivity index (χ3n) is 3.48. The highest BCUT2D eigenvalue weighted by Crippen LogP contribution is 2.30. The number of nitrogens with one attached hydrogen (secondary N) is 2. The second kappa shape index (κ2) is 9.24. The van der Waals surface area contributed by atoms with Gasteiger partial charge in [0.2, 0.25) is 0 Å². The minimum absolute atomic E-state index is 0.160. The van der Waals surface area contributed by atoms with Crippen LogP contribution in [0.3, 0.4) is 0 Å². The van der Waals surface area contributed by atoms with Crippen LogP contribution in [0.4, 0.5) is 8.78 Å². The number of hydrogen-bond acceptors (Lipinski definition) is 5. The van der Waals surface area contributed by atoms with Gasteiger partial charge in [0.1, 0.15) is 0 Å². The predicted octanol–water partition coefficient (Wildman–Crippen LogP) is 2.50. The molecule has 25 heavy (non-hydrogen) atoms. The van der Waals surface area contributed by atoms with Crippen LogP contribution in [0.25, 0.3) is 11.1 Å². The summed E-state index contributed by atoms with van der Waals surface area (Å²) < 4.78 is 36.4. The highest BCUT2D eigenvalue weighted by Gasteiger charge is 2.15. The first-order valence-corrected chi connectivity index (χ1v) is 8.38. The molecular weight excluding hydrogens is 348 g/mol. The zero-order valence-electron chi connectivity index (χ0n) is 13.9. The zero-order valence-corrected chi connectivity index (χ0v) is 14.8. The number of hydrogen-bond donors (Lipinski definition) is 2. The number of nitrogens with zero attached hydrogens (tertiary/aromatic N) is 1. The molecule has 1 aromatic heterocycles. The molecule has 1 heterocycles. The van der Waals surface area contributed by atoms with E-state index in [1.54, 1.807) is 20.2 Å². The molecule has 0 saturated heterocycles. The lowest BCUT2D eigenvalue weighted by atomic mass is 10.0. The van der Waals surface area contributed by atoms with Crippen molar-refractivity contribution in [1.82, 2.24) is 15.0 Å². The number of allylic oxidation sites excluding steroid dienone is 1. The molecule has 0 aliphatic rings. The van der Waals surface area contributed by atoms with Crippen LogP contribution in [-0.4, -0.2) is 37.6 Å². The largest absolute Gasteiger partial charge is 0.384 e. The Kier molecular flexibility index (Phi) is 7.03. The second-order valence-electron chi connectivity index (χ2n) is 5.08. The van der Waals surface area contributed by atoms with Crippen molar-refractivity contribution in [1.29, 1.82) is 0 Å². The summed E-state index contributed by atoms with van der Waals surface area (Å²) in [5.74, 6) is -2.07. The molecule has 0 fully saturated rings. The molecule has 0 spiro atoms. The topological polar surface area (TPSA) is 63.2 Å². The minimum Gasteiger partial charge on any atom is -0.384 e. The Morgan fingerprint density at radius 1 is 1.36 bits per heavy atom. The van der Waals surface area contributed by atoms with Crippen molar-refractivity contribution in [2.24, 2.45) is 0 Å². The number of amides is 1. The highest BCUT2D eigenvalue weighted by molar-refractivity contribution is 7.06. The molecule has 0 saturated carbocycles. The van der Waals surface area contributed by atoms with Crippen LogP contribution in [0.2, 0.25) is 0 Å². The van der Waals surface area contributed by atoms with E-state index in [1.165, 1.54) is 29.9 Å². The Labute approximate surface area is 148 Å². The number of ether oxygens (including phenoxy) is 1. The van der Waals surface area contributed by atoms with Gasteiger partial charge in [0, 0.05) is 49.3 Å².